The molecule has 3 heteroatoms. The van der Waals surface area contributed by atoms with Gasteiger partial charge in [-0.2, -0.15) is 0 Å². The van der Waals surface area contributed by atoms with Crippen molar-refractivity contribution in [1.29, 1.82) is 5.41 Å². The average molecular weight is 165 g/mol. The van der Waals surface area contributed by atoms with Crippen molar-refractivity contribution in [2.75, 3.05) is 13.7 Å². The molecule has 0 atom stereocenters. The van der Waals surface area contributed by atoms with E-state index in [9.17, 15) is 0 Å². The Labute approximate surface area is 71.1 Å². The zero-order chi connectivity index (χ0) is 8.97. The van der Waals surface area contributed by atoms with Crippen LogP contribution in [-0.2, 0) is 0 Å². The molecule has 0 aliphatic carbocycles. The number of rotatable bonds is 3. The molecule has 0 heterocycles. The lowest BCUT2D eigenvalue weighted by molar-refractivity contribution is 0.357. The molecule has 3 nitrogen and oxygen atoms in total. The molecule has 0 aromatic heterocycles. The first-order valence-electron chi connectivity index (χ1n) is 3.60. The summed E-state index contributed by atoms with van der Waals surface area (Å²) < 4.78 is 4.95. The first-order valence-corrected chi connectivity index (χ1v) is 3.60. The highest BCUT2D eigenvalue weighted by molar-refractivity contribution is 5.99. The summed E-state index contributed by atoms with van der Waals surface area (Å²) in [5, 5.41) is 16.0. The summed E-state index contributed by atoms with van der Waals surface area (Å²) in [7, 11) is 1.59. The van der Waals surface area contributed by atoms with Crippen molar-refractivity contribution in [3.8, 4) is 5.75 Å². The Hall–Kier alpha value is -1.35. The predicted molar refractivity (Wildman–Crippen MR) is 46.9 cm³/mol. The lowest BCUT2D eigenvalue weighted by atomic mass is 10.1. The molecule has 0 amide bonds. The normalized spacial score (nSPS) is 9.50. The maximum Gasteiger partial charge on any atom is 0.118 e. The monoisotopic (exact) mass is 165 g/mol. The molecular formula is C9H11NO2. The van der Waals surface area contributed by atoms with Crippen LogP contribution in [0.15, 0.2) is 24.3 Å². The third-order valence-electron chi connectivity index (χ3n) is 1.60. The van der Waals surface area contributed by atoms with Crippen molar-refractivity contribution in [2.45, 2.75) is 0 Å². The van der Waals surface area contributed by atoms with Gasteiger partial charge in [-0.1, -0.05) is 0 Å². The molecule has 0 saturated heterocycles. The molecule has 0 fully saturated rings. The standard InChI is InChI=1S/C9H11NO2/c1-12-8-4-2-7(3-5-8)9(10)6-11/h2-5,10-11H,6H2,1H3. The molecule has 1 aromatic rings. The minimum atomic E-state index is -0.230. The van der Waals surface area contributed by atoms with E-state index < -0.39 is 0 Å². The van der Waals surface area contributed by atoms with E-state index in [0.717, 1.165) is 11.3 Å². The van der Waals surface area contributed by atoms with Gasteiger partial charge in [-0.15, -0.1) is 0 Å². The molecule has 0 bridgehead atoms. The number of ether oxygens (including phenoxy) is 1. The number of nitrogens with one attached hydrogen (secondary N) is 1. The van der Waals surface area contributed by atoms with E-state index in [1.54, 1.807) is 31.4 Å². The van der Waals surface area contributed by atoms with Crippen LogP contribution < -0.4 is 4.74 Å². The van der Waals surface area contributed by atoms with Crippen molar-refractivity contribution in [1.82, 2.24) is 0 Å². The SMILES string of the molecule is COc1ccc(C(=N)CO)cc1. The smallest absolute Gasteiger partial charge is 0.118 e. The van der Waals surface area contributed by atoms with Crippen LogP contribution in [0, 0.1) is 5.41 Å². The summed E-state index contributed by atoms with van der Waals surface area (Å²) in [6.07, 6.45) is 0. The number of aliphatic hydroxyl groups excluding tert-OH is 1. The minimum absolute atomic E-state index is 0.220. The highest BCUT2D eigenvalue weighted by Gasteiger charge is 1.98. The maximum atomic E-state index is 8.66. The van der Waals surface area contributed by atoms with Crippen molar-refractivity contribution in [2.24, 2.45) is 0 Å². The topological polar surface area (TPSA) is 53.3 Å². The Kier molecular flexibility index (Phi) is 2.82. The Morgan fingerprint density at radius 3 is 2.42 bits per heavy atom. The molecule has 2 N–H and O–H groups in total. The van der Waals surface area contributed by atoms with Crippen LogP contribution >= 0.6 is 0 Å². The predicted octanol–water partition coefficient (Wildman–Crippen LogP) is 1.06. The average Bonchev–Trinajstić information content (AvgIpc) is 2.17. The van der Waals surface area contributed by atoms with Crippen molar-refractivity contribution >= 4 is 5.71 Å². The van der Waals surface area contributed by atoms with Crippen LogP contribution in [0.25, 0.3) is 0 Å². The van der Waals surface area contributed by atoms with E-state index in [1.165, 1.54) is 0 Å². The Balaban J connectivity index is 2.84. The molecule has 0 aliphatic rings. The van der Waals surface area contributed by atoms with E-state index in [1.807, 2.05) is 0 Å². The molecule has 0 radical (unpaired) electrons. The molecule has 0 unspecified atom stereocenters. The number of hydrogen-bond acceptors (Lipinski definition) is 3. The number of aliphatic hydroxyl groups is 1. The molecule has 0 aliphatic heterocycles. The Morgan fingerprint density at radius 2 is 2.00 bits per heavy atom. The summed E-state index contributed by atoms with van der Waals surface area (Å²) in [6.45, 7) is -0.230. The minimum Gasteiger partial charge on any atom is -0.497 e. The van der Waals surface area contributed by atoms with Gasteiger partial charge in [-0.25, -0.2) is 0 Å². The maximum absolute atomic E-state index is 8.66. The molecule has 0 saturated carbocycles. The second-order valence-electron chi connectivity index (χ2n) is 2.37. The van der Waals surface area contributed by atoms with Gasteiger partial charge in [0.2, 0.25) is 0 Å². The van der Waals surface area contributed by atoms with Gasteiger partial charge in [-0.3, -0.25) is 0 Å². The van der Waals surface area contributed by atoms with Crippen LogP contribution in [-0.4, -0.2) is 24.5 Å². The van der Waals surface area contributed by atoms with Crippen molar-refractivity contribution in [3.63, 3.8) is 0 Å². The number of hydrogen-bond donors (Lipinski definition) is 2. The van der Waals surface area contributed by atoms with Crippen LogP contribution in [0.3, 0.4) is 0 Å². The van der Waals surface area contributed by atoms with E-state index >= 15 is 0 Å². The summed E-state index contributed by atoms with van der Waals surface area (Å²) in [4.78, 5) is 0. The quantitative estimate of drug-likeness (QED) is 0.658. The second-order valence-corrected chi connectivity index (χ2v) is 2.37. The number of benzene rings is 1. The highest BCUT2D eigenvalue weighted by Crippen LogP contribution is 2.11. The third kappa shape index (κ3) is 1.83. The fourth-order valence-corrected chi connectivity index (χ4v) is 0.883. The first-order chi connectivity index (χ1) is 5.77. The molecule has 1 rings (SSSR count). The molecule has 12 heavy (non-hydrogen) atoms. The molecule has 64 valence electrons. The van der Waals surface area contributed by atoms with Crippen LogP contribution in [0.5, 0.6) is 5.75 Å². The van der Waals surface area contributed by atoms with Crippen LogP contribution in [0.4, 0.5) is 0 Å². The highest BCUT2D eigenvalue weighted by atomic mass is 16.5. The van der Waals surface area contributed by atoms with Crippen LogP contribution in [0.2, 0.25) is 0 Å². The lowest BCUT2D eigenvalue weighted by Crippen LogP contribution is -2.03. The summed E-state index contributed by atoms with van der Waals surface area (Å²) >= 11 is 0. The zero-order valence-electron chi connectivity index (χ0n) is 6.87. The van der Waals surface area contributed by atoms with Gasteiger partial charge in [0.05, 0.1) is 19.4 Å². The lowest BCUT2D eigenvalue weighted by Gasteiger charge is -2.01. The summed E-state index contributed by atoms with van der Waals surface area (Å²) in [5.41, 5.74) is 0.941. The number of methoxy groups -OCH3 is 1. The largest absolute Gasteiger partial charge is 0.497 e. The van der Waals surface area contributed by atoms with Gasteiger partial charge in [0.25, 0.3) is 0 Å². The zero-order valence-corrected chi connectivity index (χ0v) is 6.87. The molecule has 0 spiro atoms. The van der Waals surface area contributed by atoms with E-state index in [0.29, 0.717) is 0 Å². The van der Waals surface area contributed by atoms with E-state index in [2.05, 4.69) is 0 Å². The van der Waals surface area contributed by atoms with Gasteiger partial charge in [0, 0.05) is 0 Å². The van der Waals surface area contributed by atoms with Gasteiger partial charge >= 0.3 is 0 Å². The van der Waals surface area contributed by atoms with Crippen molar-refractivity contribution < 1.29 is 9.84 Å². The van der Waals surface area contributed by atoms with Crippen LogP contribution in [0.1, 0.15) is 5.56 Å². The van der Waals surface area contributed by atoms with Gasteiger partial charge in [0.1, 0.15) is 5.75 Å². The fraction of sp³-hybridized carbons (Fsp3) is 0.222. The van der Waals surface area contributed by atoms with E-state index in [4.69, 9.17) is 15.3 Å². The molecule has 1 aromatic carbocycles. The van der Waals surface area contributed by atoms with Gasteiger partial charge in [-0.05, 0) is 29.8 Å². The van der Waals surface area contributed by atoms with E-state index in [-0.39, 0.29) is 12.3 Å². The second kappa shape index (κ2) is 3.88. The van der Waals surface area contributed by atoms with Gasteiger partial charge < -0.3 is 15.3 Å². The third-order valence-corrected chi connectivity index (χ3v) is 1.60. The molecular weight excluding hydrogens is 154 g/mol. The fourth-order valence-electron chi connectivity index (χ4n) is 0.883. The summed E-state index contributed by atoms with van der Waals surface area (Å²) in [6, 6.07) is 7.02. The summed E-state index contributed by atoms with van der Waals surface area (Å²) in [5.74, 6) is 0.754. The van der Waals surface area contributed by atoms with Crippen molar-refractivity contribution in [3.05, 3.63) is 29.8 Å². The first kappa shape index (κ1) is 8.74. The Morgan fingerprint density at radius 1 is 1.42 bits per heavy atom. The van der Waals surface area contributed by atoms with Gasteiger partial charge in [0.15, 0.2) is 0 Å². The Bertz CT molecular complexity index is 266.